The smallest absolute Gasteiger partial charge is 0.308 e. The monoisotopic (exact) mass is 595 g/mol. The Morgan fingerprint density at radius 1 is 0.500 bits per heavy atom. The van der Waals surface area contributed by atoms with Crippen molar-refractivity contribution in [3.05, 3.63) is 0 Å². The first-order valence-electron chi connectivity index (χ1n) is 18.7. The van der Waals surface area contributed by atoms with Crippen LogP contribution in [0.3, 0.4) is 0 Å². The maximum absolute atomic E-state index is 12.5. The Labute approximate surface area is 263 Å². The van der Waals surface area contributed by atoms with Crippen molar-refractivity contribution in [2.75, 3.05) is 13.2 Å². The van der Waals surface area contributed by atoms with Gasteiger partial charge < -0.3 is 9.47 Å². The van der Waals surface area contributed by atoms with Crippen molar-refractivity contribution in [3.8, 4) is 0 Å². The van der Waals surface area contributed by atoms with Gasteiger partial charge in [-0.15, -0.1) is 0 Å². The van der Waals surface area contributed by atoms with Gasteiger partial charge in [-0.2, -0.15) is 0 Å². The number of ether oxygens (including phenoxy) is 2. The first-order chi connectivity index (χ1) is 20.4. The van der Waals surface area contributed by atoms with Crippen molar-refractivity contribution in [3.63, 3.8) is 0 Å². The van der Waals surface area contributed by atoms with E-state index in [1.807, 2.05) is 0 Å². The van der Waals surface area contributed by atoms with Gasteiger partial charge in [0.25, 0.3) is 0 Å². The lowest BCUT2D eigenvalue weighted by Gasteiger charge is -2.21. The van der Waals surface area contributed by atoms with E-state index < -0.39 is 0 Å². The number of esters is 2. The Bertz CT molecular complexity index is 604. The first kappa shape index (κ1) is 40.9. The Balaban J connectivity index is 3.53. The third-order valence-electron chi connectivity index (χ3n) is 9.54. The first-order valence-corrected chi connectivity index (χ1v) is 18.7. The van der Waals surface area contributed by atoms with Crippen molar-refractivity contribution >= 4 is 11.9 Å². The highest BCUT2D eigenvalue weighted by atomic mass is 16.5. The Morgan fingerprint density at radius 2 is 0.905 bits per heavy atom. The summed E-state index contributed by atoms with van der Waals surface area (Å²) in [7, 11) is 0. The Kier molecular flexibility index (Phi) is 29.2. The van der Waals surface area contributed by atoms with E-state index in [1.165, 1.54) is 116 Å². The van der Waals surface area contributed by atoms with Crippen molar-refractivity contribution in [1.82, 2.24) is 0 Å². The molecule has 0 N–H and O–H groups in total. The van der Waals surface area contributed by atoms with Gasteiger partial charge in [0.15, 0.2) is 0 Å². The van der Waals surface area contributed by atoms with E-state index in [0.29, 0.717) is 37.4 Å². The zero-order valence-electron chi connectivity index (χ0n) is 29.3. The molecular weight excluding hydrogens is 520 g/mol. The van der Waals surface area contributed by atoms with Crippen molar-refractivity contribution in [2.24, 2.45) is 23.7 Å². The van der Waals surface area contributed by atoms with Gasteiger partial charge in [-0.05, 0) is 43.4 Å². The lowest BCUT2D eigenvalue weighted by atomic mass is 9.90. The number of unbranched alkanes of at least 4 members (excludes halogenated alkanes) is 15. The van der Waals surface area contributed by atoms with Gasteiger partial charge in [-0.25, -0.2) is 0 Å². The average molecular weight is 595 g/mol. The molecule has 0 heterocycles. The summed E-state index contributed by atoms with van der Waals surface area (Å²) >= 11 is 0. The van der Waals surface area contributed by atoms with Gasteiger partial charge in [0.05, 0.1) is 19.1 Å². The fourth-order valence-electron chi connectivity index (χ4n) is 5.75. The highest BCUT2D eigenvalue weighted by Crippen LogP contribution is 2.22. The molecule has 0 fully saturated rings. The molecule has 0 aliphatic heterocycles. The molecule has 4 unspecified atom stereocenters. The maximum Gasteiger partial charge on any atom is 0.308 e. The SMILES string of the molecule is CCCCC(CC)COC(=O)CCCCCCCCCCCCCCCCC(C)C(C)C(=O)OCC(CC)CCCC. The molecule has 0 bridgehead atoms. The summed E-state index contributed by atoms with van der Waals surface area (Å²) in [5, 5.41) is 0. The van der Waals surface area contributed by atoms with Gasteiger partial charge in [-0.1, -0.05) is 164 Å². The molecule has 0 saturated heterocycles. The molecule has 0 amide bonds. The summed E-state index contributed by atoms with van der Waals surface area (Å²) in [4.78, 5) is 24.5. The molecule has 4 heteroatoms. The Hall–Kier alpha value is -1.06. The standard InChI is InChI=1S/C38H74O4/c1-7-11-28-35(9-3)31-41-37(39)30-26-24-22-20-18-16-14-13-15-17-19-21-23-25-27-33(5)34(6)38(40)42-32-36(10-4)29-12-8-2/h33-36H,7-32H2,1-6H3. The molecule has 0 radical (unpaired) electrons. The summed E-state index contributed by atoms with van der Waals surface area (Å²) < 4.78 is 11.2. The lowest BCUT2D eigenvalue weighted by Crippen LogP contribution is -2.24. The van der Waals surface area contributed by atoms with E-state index in [-0.39, 0.29) is 17.9 Å². The van der Waals surface area contributed by atoms with Crippen LogP contribution in [0.5, 0.6) is 0 Å². The second kappa shape index (κ2) is 30.0. The van der Waals surface area contributed by atoms with Gasteiger partial charge in [0, 0.05) is 6.42 Å². The van der Waals surface area contributed by atoms with Crippen LogP contribution >= 0.6 is 0 Å². The van der Waals surface area contributed by atoms with E-state index in [9.17, 15) is 9.59 Å². The summed E-state index contributed by atoms with van der Waals surface area (Å²) in [6.45, 7) is 14.3. The van der Waals surface area contributed by atoms with Gasteiger partial charge in [0.1, 0.15) is 0 Å². The molecule has 0 aromatic carbocycles. The largest absolute Gasteiger partial charge is 0.465 e. The van der Waals surface area contributed by atoms with Crippen molar-refractivity contribution in [2.45, 2.75) is 196 Å². The highest BCUT2D eigenvalue weighted by Gasteiger charge is 2.22. The van der Waals surface area contributed by atoms with E-state index in [1.54, 1.807) is 0 Å². The summed E-state index contributed by atoms with van der Waals surface area (Å²) in [6.07, 6.45) is 29.2. The van der Waals surface area contributed by atoms with Crippen LogP contribution in [-0.2, 0) is 19.1 Å². The topological polar surface area (TPSA) is 52.6 Å². The van der Waals surface area contributed by atoms with Crippen LogP contribution in [-0.4, -0.2) is 25.2 Å². The van der Waals surface area contributed by atoms with E-state index in [2.05, 4.69) is 41.5 Å². The van der Waals surface area contributed by atoms with Crippen LogP contribution < -0.4 is 0 Å². The fraction of sp³-hybridized carbons (Fsp3) is 0.947. The molecular formula is C38H74O4. The van der Waals surface area contributed by atoms with E-state index in [0.717, 1.165) is 32.1 Å². The molecule has 0 saturated carbocycles. The zero-order valence-corrected chi connectivity index (χ0v) is 29.3. The van der Waals surface area contributed by atoms with Gasteiger partial charge in [-0.3, -0.25) is 9.59 Å². The minimum atomic E-state index is 0.00424. The average Bonchev–Trinajstić information content (AvgIpc) is 3.00. The third-order valence-corrected chi connectivity index (χ3v) is 9.54. The van der Waals surface area contributed by atoms with Gasteiger partial charge in [0.2, 0.25) is 0 Å². The van der Waals surface area contributed by atoms with E-state index >= 15 is 0 Å². The number of carbonyl (C=O) groups excluding carboxylic acids is 2. The number of hydrogen-bond acceptors (Lipinski definition) is 4. The summed E-state index contributed by atoms with van der Waals surface area (Å²) in [5.74, 6) is 1.49. The number of rotatable bonds is 31. The normalized spacial score (nSPS) is 14.3. The van der Waals surface area contributed by atoms with Crippen LogP contribution in [0, 0.1) is 23.7 Å². The maximum atomic E-state index is 12.5. The van der Waals surface area contributed by atoms with E-state index in [4.69, 9.17) is 9.47 Å². The Morgan fingerprint density at radius 3 is 1.33 bits per heavy atom. The molecule has 0 rings (SSSR count). The van der Waals surface area contributed by atoms with Crippen LogP contribution in [0.25, 0.3) is 0 Å². The minimum Gasteiger partial charge on any atom is -0.465 e. The van der Waals surface area contributed by atoms with Crippen LogP contribution in [0.1, 0.15) is 196 Å². The lowest BCUT2D eigenvalue weighted by molar-refractivity contribution is -0.151. The fourth-order valence-corrected chi connectivity index (χ4v) is 5.75. The summed E-state index contributed by atoms with van der Waals surface area (Å²) in [5.41, 5.74) is 0. The second-order valence-corrected chi connectivity index (χ2v) is 13.4. The molecule has 4 nitrogen and oxygen atoms in total. The van der Waals surface area contributed by atoms with Crippen LogP contribution in [0.2, 0.25) is 0 Å². The zero-order chi connectivity index (χ0) is 31.3. The quantitative estimate of drug-likeness (QED) is 0.0591. The molecule has 4 atom stereocenters. The highest BCUT2D eigenvalue weighted by molar-refractivity contribution is 5.72. The summed E-state index contributed by atoms with van der Waals surface area (Å²) in [6, 6.07) is 0. The predicted molar refractivity (Wildman–Crippen MR) is 181 cm³/mol. The second-order valence-electron chi connectivity index (χ2n) is 13.4. The van der Waals surface area contributed by atoms with Crippen LogP contribution in [0.4, 0.5) is 0 Å². The van der Waals surface area contributed by atoms with Crippen LogP contribution in [0.15, 0.2) is 0 Å². The molecule has 0 spiro atoms. The van der Waals surface area contributed by atoms with Crippen molar-refractivity contribution < 1.29 is 19.1 Å². The molecule has 0 aliphatic carbocycles. The third kappa shape index (κ3) is 24.4. The molecule has 0 aromatic rings. The minimum absolute atomic E-state index is 0.00424. The van der Waals surface area contributed by atoms with Crippen molar-refractivity contribution in [1.29, 1.82) is 0 Å². The number of carbonyl (C=O) groups is 2. The predicted octanol–water partition coefficient (Wildman–Crippen LogP) is 12.0. The molecule has 0 aromatic heterocycles. The molecule has 42 heavy (non-hydrogen) atoms. The molecule has 0 aliphatic rings. The van der Waals surface area contributed by atoms with Gasteiger partial charge >= 0.3 is 11.9 Å². The number of hydrogen-bond donors (Lipinski definition) is 0. The molecule has 250 valence electrons.